The Balaban J connectivity index is 1.31. The van der Waals surface area contributed by atoms with Crippen LogP contribution in [0.15, 0.2) is 42.0 Å². The summed E-state index contributed by atoms with van der Waals surface area (Å²) < 4.78 is 0. The average molecular weight is 434 g/mol. The molecule has 4 nitrogen and oxygen atoms in total. The van der Waals surface area contributed by atoms with Crippen LogP contribution in [0.5, 0.6) is 0 Å². The van der Waals surface area contributed by atoms with E-state index in [0.717, 1.165) is 40.1 Å². The highest BCUT2D eigenvalue weighted by Crippen LogP contribution is 2.45. The molecule has 4 heterocycles. The number of aryl methyl sites for hydroxylation is 1. The van der Waals surface area contributed by atoms with E-state index >= 15 is 0 Å². The summed E-state index contributed by atoms with van der Waals surface area (Å²) in [6.45, 7) is 5.29. The van der Waals surface area contributed by atoms with Crippen LogP contribution in [0.25, 0.3) is 10.6 Å². The predicted octanol–water partition coefficient (Wildman–Crippen LogP) is 5.15. The Labute approximate surface area is 189 Å². The number of aromatic nitrogens is 1. The average Bonchev–Trinajstić information content (AvgIpc) is 3.20. The number of carbonyl (C=O) groups excluding carboxylic acids is 1. The predicted molar refractivity (Wildman–Crippen MR) is 125 cm³/mol. The number of hydrogen-bond donors (Lipinski definition) is 0. The van der Waals surface area contributed by atoms with Gasteiger partial charge in [0.2, 0.25) is 0 Å². The first kappa shape index (κ1) is 19.7. The monoisotopic (exact) mass is 433 g/mol. The summed E-state index contributed by atoms with van der Waals surface area (Å²) in [6.07, 6.45) is 10.2. The largest absolute Gasteiger partial charge is 0.331 e. The highest BCUT2D eigenvalue weighted by Gasteiger charge is 2.47. The van der Waals surface area contributed by atoms with E-state index in [1.54, 1.807) is 16.9 Å². The van der Waals surface area contributed by atoms with Crippen molar-refractivity contribution in [2.75, 3.05) is 19.6 Å². The number of carbonyl (C=O) groups is 1. The molecule has 3 fully saturated rings. The highest BCUT2D eigenvalue weighted by molar-refractivity contribution is 7.17. The lowest BCUT2D eigenvalue weighted by molar-refractivity contribution is 0.00159. The van der Waals surface area contributed by atoms with E-state index in [1.165, 1.54) is 45.2 Å². The fourth-order valence-corrected chi connectivity index (χ4v) is 7.66. The number of nitrogens with zero attached hydrogens (tertiary/aromatic N) is 3. The number of benzene rings is 1. The van der Waals surface area contributed by atoms with E-state index in [2.05, 4.69) is 28.0 Å². The summed E-state index contributed by atoms with van der Waals surface area (Å²) in [6, 6.07) is 11.3. The van der Waals surface area contributed by atoms with E-state index in [-0.39, 0.29) is 5.91 Å². The molecule has 2 aromatic rings. The molecule has 0 radical (unpaired) electrons. The molecule has 0 unspecified atom stereocenters. The molecule has 5 heteroatoms. The minimum Gasteiger partial charge on any atom is -0.331 e. The van der Waals surface area contributed by atoms with Gasteiger partial charge in [0.15, 0.2) is 0 Å². The van der Waals surface area contributed by atoms with Crippen molar-refractivity contribution in [2.45, 2.75) is 57.5 Å². The van der Waals surface area contributed by atoms with Crippen molar-refractivity contribution in [3.8, 4) is 10.6 Å². The van der Waals surface area contributed by atoms with Crippen LogP contribution < -0.4 is 0 Å². The summed E-state index contributed by atoms with van der Waals surface area (Å²) in [5.41, 5.74) is 3.52. The van der Waals surface area contributed by atoms with Gasteiger partial charge in [-0.25, -0.2) is 4.98 Å². The SMILES string of the molecule is Cc1nc(-c2ccccc2)sc1C(=O)N1CCCC2=C[C@H]3C[C@@H](CN4CCCC[C@@H]34)[C@@H]21. The second-order valence-corrected chi connectivity index (χ2v) is 10.8. The molecule has 2 bridgehead atoms. The number of hydrogen-bond acceptors (Lipinski definition) is 4. The molecule has 1 aromatic heterocycles. The smallest absolute Gasteiger partial charge is 0.266 e. The quantitative estimate of drug-likeness (QED) is 0.614. The molecule has 31 heavy (non-hydrogen) atoms. The van der Waals surface area contributed by atoms with Crippen molar-refractivity contribution in [1.82, 2.24) is 14.8 Å². The molecule has 3 aliphatic heterocycles. The fraction of sp³-hybridized carbons (Fsp3) is 0.538. The number of likely N-dealkylation sites (tertiary alicyclic amines) is 1. The van der Waals surface area contributed by atoms with Crippen molar-refractivity contribution in [3.63, 3.8) is 0 Å². The van der Waals surface area contributed by atoms with Gasteiger partial charge in [-0.2, -0.15) is 0 Å². The van der Waals surface area contributed by atoms with Crippen LogP contribution in [0.1, 0.15) is 53.9 Å². The van der Waals surface area contributed by atoms with Gasteiger partial charge in [-0.05, 0) is 57.4 Å². The first-order valence-electron chi connectivity index (χ1n) is 12.0. The minimum absolute atomic E-state index is 0.201. The molecule has 3 saturated heterocycles. The third-order valence-corrected chi connectivity index (χ3v) is 9.12. The number of fused-ring (bicyclic) bond motifs is 6. The molecule has 162 valence electrons. The van der Waals surface area contributed by atoms with Crippen LogP contribution in [0.4, 0.5) is 0 Å². The first-order valence-corrected chi connectivity index (χ1v) is 12.8. The van der Waals surface area contributed by atoms with Crippen LogP contribution in [0, 0.1) is 18.8 Å². The second kappa shape index (κ2) is 7.86. The maximum absolute atomic E-state index is 13.8. The Hall–Kier alpha value is -1.98. The molecule has 0 spiro atoms. The summed E-state index contributed by atoms with van der Waals surface area (Å²) in [5.74, 6) is 1.49. The van der Waals surface area contributed by atoms with Crippen LogP contribution >= 0.6 is 11.3 Å². The van der Waals surface area contributed by atoms with E-state index in [4.69, 9.17) is 4.98 Å². The summed E-state index contributed by atoms with van der Waals surface area (Å²) >= 11 is 1.56. The van der Waals surface area contributed by atoms with Gasteiger partial charge in [-0.1, -0.05) is 48.4 Å². The molecule has 6 rings (SSSR count). The Morgan fingerprint density at radius 2 is 2.00 bits per heavy atom. The van der Waals surface area contributed by atoms with Crippen LogP contribution in [0.3, 0.4) is 0 Å². The molecular weight excluding hydrogens is 402 g/mol. The van der Waals surface area contributed by atoms with E-state index < -0.39 is 0 Å². The van der Waals surface area contributed by atoms with Gasteiger partial charge in [-0.3, -0.25) is 9.69 Å². The Kier molecular flexibility index (Phi) is 4.99. The van der Waals surface area contributed by atoms with Crippen LogP contribution in [-0.2, 0) is 0 Å². The van der Waals surface area contributed by atoms with Crippen molar-refractivity contribution in [1.29, 1.82) is 0 Å². The molecule has 0 saturated carbocycles. The maximum Gasteiger partial charge on any atom is 0.266 e. The van der Waals surface area contributed by atoms with Gasteiger partial charge >= 0.3 is 0 Å². The van der Waals surface area contributed by atoms with Crippen LogP contribution in [0.2, 0.25) is 0 Å². The Morgan fingerprint density at radius 1 is 1.13 bits per heavy atom. The van der Waals surface area contributed by atoms with E-state index in [9.17, 15) is 4.79 Å². The second-order valence-electron chi connectivity index (χ2n) is 9.81. The fourth-order valence-electron chi connectivity index (χ4n) is 6.63. The van der Waals surface area contributed by atoms with Crippen molar-refractivity contribution >= 4 is 17.2 Å². The van der Waals surface area contributed by atoms with Gasteiger partial charge in [-0.15, -0.1) is 11.3 Å². The molecule has 4 atom stereocenters. The topological polar surface area (TPSA) is 36.4 Å². The standard InChI is InChI=1S/C26H31N3OS/c1-17-24(31-25(27-17)18-8-3-2-4-9-18)26(30)29-13-7-10-19-14-20-15-21(23(19)29)16-28-12-6-5-11-22(20)28/h2-4,8-9,14,20-23H,5-7,10-13,15-16H2,1H3/t20-,21-,22-,23+/m0/s1. The molecule has 1 amide bonds. The lowest BCUT2D eigenvalue weighted by Gasteiger charge is -2.54. The molecule has 0 N–H and O–H groups in total. The third kappa shape index (κ3) is 3.37. The third-order valence-electron chi connectivity index (χ3n) is 7.93. The number of rotatable bonds is 2. The van der Waals surface area contributed by atoms with E-state index in [0.29, 0.717) is 17.9 Å². The zero-order valence-electron chi connectivity index (χ0n) is 18.3. The summed E-state index contributed by atoms with van der Waals surface area (Å²) in [4.78, 5) is 24.4. The Bertz CT molecular complexity index is 1010. The number of piperidine rings is 3. The zero-order valence-corrected chi connectivity index (χ0v) is 19.1. The first-order chi connectivity index (χ1) is 15.2. The molecule has 4 aliphatic rings. The summed E-state index contributed by atoms with van der Waals surface area (Å²) in [7, 11) is 0. The normalized spacial score (nSPS) is 30.4. The Morgan fingerprint density at radius 3 is 2.87 bits per heavy atom. The van der Waals surface area contributed by atoms with Crippen molar-refractivity contribution in [2.24, 2.45) is 11.8 Å². The molecule has 1 aliphatic carbocycles. The van der Waals surface area contributed by atoms with Gasteiger partial charge < -0.3 is 4.90 Å². The van der Waals surface area contributed by atoms with Crippen molar-refractivity contribution in [3.05, 3.63) is 52.6 Å². The minimum atomic E-state index is 0.201. The van der Waals surface area contributed by atoms with E-state index in [1.807, 2.05) is 25.1 Å². The van der Waals surface area contributed by atoms with Crippen LogP contribution in [-0.4, -0.2) is 52.4 Å². The summed E-state index contributed by atoms with van der Waals surface area (Å²) in [5, 5.41) is 0.951. The lowest BCUT2D eigenvalue weighted by Crippen LogP contribution is -2.60. The van der Waals surface area contributed by atoms with Crippen molar-refractivity contribution < 1.29 is 4.79 Å². The highest BCUT2D eigenvalue weighted by atomic mass is 32.1. The number of amides is 1. The van der Waals surface area contributed by atoms with Gasteiger partial charge in [0.25, 0.3) is 5.91 Å². The number of thiazole rings is 1. The lowest BCUT2D eigenvalue weighted by atomic mass is 9.68. The van der Waals surface area contributed by atoms with Gasteiger partial charge in [0.1, 0.15) is 9.88 Å². The zero-order chi connectivity index (χ0) is 20.9. The van der Waals surface area contributed by atoms with Gasteiger partial charge in [0.05, 0.1) is 11.7 Å². The molecular formula is C26H31N3OS. The van der Waals surface area contributed by atoms with Gasteiger partial charge in [0, 0.05) is 24.7 Å². The molecule has 1 aromatic carbocycles. The maximum atomic E-state index is 13.8.